The number of nitrogens with zero attached hydrogens (tertiary/aromatic N) is 2. The number of rotatable bonds is 5. The molecule has 2 aliphatic carbocycles. The van der Waals surface area contributed by atoms with Gasteiger partial charge in [0.2, 0.25) is 23.6 Å². The Kier molecular flexibility index (Phi) is 5.00. The summed E-state index contributed by atoms with van der Waals surface area (Å²) in [5.41, 5.74) is 3.77. The molecule has 1 aliphatic heterocycles. The molecule has 1 aromatic rings. The Bertz CT molecular complexity index is 930. The first kappa shape index (κ1) is 20.3. The van der Waals surface area contributed by atoms with Gasteiger partial charge in [0.25, 0.3) is 0 Å². The number of fused-ring (bicyclic) bond motifs is 5. The van der Waals surface area contributed by atoms with Crippen LogP contribution in [0.5, 0.6) is 0 Å². The van der Waals surface area contributed by atoms with Crippen molar-refractivity contribution in [1.29, 1.82) is 0 Å². The molecule has 1 N–H and O–H groups in total. The maximum absolute atomic E-state index is 12.7. The van der Waals surface area contributed by atoms with Gasteiger partial charge in [0.05, 0.1) is 18.4 Å². The summed E-state index contributed by atoms with van der Waals surface area (Å²) in [6.45, 7) is 5.38. The van der Waals surface area contributed by atoms with Gasteiger partial charge in [-0.3, -0.25) is 24.1 Å². The van der Waals surface area contributed by atoms with Gasteiger partial charge in [-0.2, -0.15) is 0 Å². The number of carbonyl (C=O) groups is 4. The van der Waals surface area contributed by atoms with Crippen molar-refractivity contribution < 1.29 is 19.2 Å². The molecule has 1 saturated carbocycles. The molecule has 0 spiro atoms. The second-order valence-electron chi connectivity index (χ2n) is 8.83. The quantitative estimate of drug-likeness (QED) is 0.594. The molecule has 4 atom stereocenters. The van der Waals surface area contributed by atoms with Crippen molar-refractivity contribution in [3.63, 3.8) is 0 Å². The van der Waals surface area contributed by atoms with Crippen molar-refractivity contribution in [2.45, 2.75) is 27.2 Å². The summed E-state index contributed by atoms with van der Waals surface area (Å²) in [6.07, 6.45) is 4.90. The van der Waals surface area contributed by atoms with Crippen molar-refractivity contribution >= 4 is 29.3 Å². The summed E-state index contributed by atoms with van der Waals surface area (Å²) in [7, 11) is 1.51. The molecular formula is C23H27N3O4. The number of likely N-dealkylation sites (tertiary alicyclic amines) is 1. The van der Waals surface area contributed by atoms with Gasteiger partial charge in [-0.15, -0.1) is 0 Å². The predicted molar refractivity (Wildman–Crippen MR) is 111 cm³/mol. The third kappa shape index (κ3) is 3.32. The van der Waals surface area contributed by atoms with Gasteiger partial charge in [-0.05, 0) is 50.2 Å². The number of hydrogen-bond acceptors (Lipinski definition) is 4. The molecule has 4 amide bonds. The van der Waals surface area contributed by atoms with E-state index < -0.39 is 5.91 Å². The second kappa shape index (κ2) is 7.38. The number of hydrogen-bond donors (Lipinski definition) is 1. The summed E-state index contributed by atoms with van der Waals surface area (Å²) >= 11 is 0. The number of amides is 4. The fourth-order valence-electron chi connectivity index (χ4n) is 5.24. The van der Waals surface area contributed by atoms with Crippen molar-refractivity contribution in [1.82, 2.24) is 9.80 Å². The first-order chi connectivity index (χ1) is 14.2. The molecule has 30 heavy (non-hydrogen) atoms. The fourth-order valence-corrected chi connectivity index (χ4v) is 5.24. The maximum Gasteiger partial charge on any atom is 0.243 e. The second-order valence-corrected chi connectivity index (χ2v) is 8.83. The van der Waals surface area contributed by atoms with E-state index in [0.29, 0.717) is 0 Å². The summed E-state index contributed by atoms with van der Waals surface area (Å²) in [6, 6.07) is 3.97. The smallest absolute Gasteiger partial charge is 0.243 e. The molecule has 1 saturated heterocycles. The van der Waals surface area contributed by atoms with Crippen LogP contribution in [0.3, 0.4) is 0 Å². The predicted octanol–water partition coefficient (Wildman–Crippen LogP) is 1.82. The van der Waals surface area contributed by atoms with Crippen molar-refractivity contribution in [3.8, 4) is 0 Å². The van der Waals surface area contributed by atoms with E-state index in [4.69, 9.17) is 0 Å². The largest absolute Gasteiger partial charge is 0.335 e. The summed E-state index contributed by atoms with van der Waals surface area (Å²) in [5, 5.41) is 2.87. The van der Waals surface area contributed by atoms with Crippen LogP contribution >= 0.6 is 0 Å². The summed E-state index contributed by atoms with van der Waals surface area (Å²) in [4.78, 5) is 52.9. The van der Waals surface area contributed by atoms with Crippen LogP contribution in [0.25, 0.3) is 0 Å². The Morgan fingerprint density at radius 3 is 2.10 bits per heavy atom. The van der Waals surface area contributed by atoms with Crippen molar-refractivity contribution in [2.75, 3.05) is 25.5 Å². The molecule has 0 radical (unpaired) electrons. The molecule has 1 aromatic carbocycles. The highest BCUT2D eigenvalue weighted by atomic mass is 16.2. The molecule has 1 heterocycles. The lowest BCUT2D eigenvalue weighted by molar-refractivity contribution is -0.147. The number of likely N-dealkylation sites (N-methyl/N-ethyl adjacent to an activating group) is 1. The topological polar surface area (TPSA) is 86.8 Å². The molecule has 0 unspecified atom stereocenters. The lowest BCUT2D eigenvalue weighted by Gasteiger charge is -2.22. The number of imide groups is 1. The van der Waals surface area contributed by atoms with E-state index in [1.54, 1.807) is 0 Å². The number of aryl methyl sites for hydroxylation is 3. The minimum absolute atomic E-state index is 0.112. The fraction of sp³-hybridized carbons (Fsp3) is 0.478. The number of allylic oxidation sites excluding steroid dienone is 2. The number of carbonyl (C=O) groups excluding carboxylic acids is 4. The Labute approximate surface area is 176 Å². The van der Waals surface area contributed by atoms with E-state index >= 15 is 0 Å². The molecule has 4 rings (SSSR count). The van der Waals surface area contributed by atoms with Gasteiger partial charge in [-0.1, -0.05) is 29.8 Å². The first-order valence-electron chi connectivity index (χ1n) is 10.3. The minimum Gasteiger partial charge on any atom is -0.335 e. The van der Waals surface area contributed by atoms with E-state index in [9.17, 15) is 19.2 Å². The molecule has 3 aliphatic rings. The van der Waals surface area contributed by atoms with Crippen LogP contribution in [0.4, 0.5) is 5.69 Å². The highest BCUT2D eigenvalue weighted by Gasteiger charge is 2.59. The number of nitrogens with one attached hydrogen (secondary N) is 1. The standard InChI is InChI=1S/C23H27N3O4/c1-12-7-13(2)21(14(3)8-12)24-17(27)10-25(4)18(28)11-26-22(29)19-15-5-6-16(9-15)20(19)23(26)30/h5-8,15-16,19-20H,9-11H2,1-4H3,(H,24,27)/t15-,16-,19-,20+/m0/s1. The van der Waals surface area contributed by atoms with Gasteiger partial charge >= 0.3 is 0 Å². The first-order valence-corrected chi connectivity index (χ1v) is 10.3. The van der Waals surface area contributed by atoms with Crippen LogP contribution in [0.1, 0.15) is 23.1 Å². The maximum atomic E-state index is 12.7. The SMILES string of the molecule is Cc1cc(C)c(NC(=O)CN(C)C(=O)CN2C(=O)[C@@H]3[C@H](C2=O)[C@H]2C=C[C@H]3C2)c(C)c1. The summed E-state index contributed by atoms with van der Waals surface area (Å²) < 4.78 is 0. The minimum atomic E-state index is -0.426. The van der Waals surface area contributed by atoms with Gasteiger partial charge in [0.15, 0.2) is 0 Å². The highest BCUT2D eigenvalue weighted by Crippen LogP contribution is 2.52. The van der Waals surface area contributed by atoms with E-state index in [1.807, 2.05) is 45.1 Å². The van der Waals surface area contributed by atoms with Crippen molar-refractivity contribution in [3.05, 3.63) is 41.0 Å². The van der Waals surface area contributed by atoms with Gasteiger partial charge in [-0.25, -0.2) is 0 Å². The van der Waals surface area contributed by atoms with Crippen LogP contribution in [0.2, 0.25) is 0 Å². The van der Waals surface area contributed by atoms with E-state index in [2.05, 4.69) is 5.32 Å². The van der Waals surface area contributed by atoms with Crippen LogP contribution in [-0.4, -0.2) is 53.6 Å². The van der Waals surface area contributed by atoms with Crippen LogP contribution in [-0.2, 0) is 19.2 Å². The van der Waals surface area contributed by atoms with Crippen LogP contribution in [0.15, 0.2) is 24.3 Å². The van der Waals surface area contributed by atoms with Gasteiger partial charge in [0.1, 0.15) is 6.54 Å². The third-order valence-electron chi connectivity index (χ3n) is 6.60. The Morgan fingerprint density at radius 1 is 1.03 bits per heavy atom. The van der Waals surface area contributed by atoms with Gasteiger partial charge < -0.3 is 10.2 Å². The normalized spacial score (nSPS) is 26.3. The lowest BCUT2D eigenvalue weighted by Crippen LogP contribution is -2.44. The van der Waals surface area contributed by atoms with Gasteiger partial charge in [0, 0.05) is 12.7 Å². The zero-order valence-electron chi connectivity index (χ0n) is 17.8. The van der Waals surface area contributed by atoms with Crippen LogP contribution in [0, 0.1) is 44.4 Å². The Hall–Kier alpha value is -2.96. The number of anilines is 1. The molecule has 7 heteroatoms. The zero-order chi connectivity index (χ0) is 21.7. The number of benzene rings is 1. The average molecular weight is 409 g/mol. The molecule has 158 valence electrons. The molecular weight excluding hydrogens is 382 g/mol. The Balaban J connectivity index is 1.36. The van der Waals surface area contributed by atoms with Crippen LogP contribution < -0.4 is 5.32 Å². The molecule has 0 aromatic heterocycles. The molecule has 2 bridgehead atoms. The monoisotopic (exact) mass is 409 g/mol. The summed E-state index contributed by atoms with van der Waals surface area (Å²) in [5.74, 6) is -1.66. The molecule has 7 nitrogen and oxygen atoms in total. The lowest BCUT2D eigenvalue weighted by atomic mass is 9.85. The van der Waals surface area contributed by atoms with E-state index in [0.717, 1.165) is 33.7 Å². The van der Waals surface area contributed by atoms with Crippen molar-refractivity contribution in [2.24, 2.45) is 23.7 Å². The van der Waals surface area contributed by atoms with E-state index in [1.165, 1.54) is 11.9 Å². The molecule has 2 fully saturated rings. The average Bonchev–Trinajstić information content (AvgIpc) is 3.34. The Morgan fingerprint density at radius 2 is 1.57 bits per heavy atom. The highest BCUT2D eigenvalue weighted by molar-refractivity contribution is 6.08. The van der Waals surface area contributed by atoms with E-state index in [-0.39, 0.29) is 54.5 Å². The zero-order valence-corrected chi connectivity index (χ0v) is 17.8. The third-order valence-corrected chi connectivity index (χ3v) is 6.60.